The van der Waals surface area contributed by atoms with Crippen molar-refractivity contribution in [1.82, 2.24) is 0 Å². The predicted molar refractivity (Wildman–Crippen MR) is 48.6 cm³/mol. The lowest BCUT2D eigenvalue weighted by Gasteiger charge is -2.12. The summed E-state index contributed by atoms with van der Waals surface area (Å²) in [6.07, 6.45) is -5.09. The number of alkyl halides is 3. The Kier molecular flexibility index (Phi) is 2.38. The lowest BCUT2D eigenvalue weighted by Crippen LogP contribution is -2.23. The summed E-state index contributed by atoms with van der Waals surface area (Å²) < 4.78 is 41.3. The summed E-state index contributed by atoms with van der Waals surface area (Å²) in [5.41, 5.74) is 0.709. The molecule has 1 aliphatic heterocycles. The Balaban J connectivity index is 2.09. The molecule has 0 N–H and O–H groups in total. The molecule has 0 fully saturated rings. The molecule has 0 amide bonds. The van der Waals surface area contributed by atoms with E-state index in [1.807, 2.05) is 0 Å². The number of hydrogen-bond donors (Lipinski definition) is 0. The molecule has 1 unspecified atom stereocenters. The van der Waals surface area contributed by atoms with E-state index in [4.69, 9.17) is 4.74 Å². The first-order valence-corrected chi connectivity index (χ1v) is 4.40. The van der Waals surface area contributed by atoms with Gasteiger partial charge in [0.2, 0.25) is 0 Å². The number of rotatable bonds is 1. The first-order valence-electron chi connectivity index (χ1n) is 4.40. The molecule has 1 aromatic carbocycles. The Morgan fingerprint density at radius 2 is 1.87 bits per heavy atom. The Labute approximate surface area is 84.4 Å². The molecule has 2 rings (SSSR count). The summed E-state index contributed by atoms with van der Waals surface area (Å²) in [6.45, 7) is 0.0266. The smallest absolute Gasteiger partial charge is 0.464 e. The van der Waals surface area contributed by atoms with Gasteiger partial charge in [0.05, 0.1) is 6.54 Å². The van der Waals surface area contributed by atoms with Gasteiger partial charge in [-0.25, -0.2) is 4.99 Å². The molecule has 0 saturated heterocycles. The minimum absolute atomic E-state index is 0.0266. The van der Waals surface area contributed by atoms with Gasteiger partial charge in [-0.3, -0.25) is 0 Å². The third kappa shape index (κ3) is 2.11. The fourth-order valence-electron chi connectivity index (χ4n) is 1.37. The maximum atomic E-state index is 12.2. The van der Waals surface area contributed by atoms with Crippen LogP contribution >= 0.6 is 0 Å². The Hall–Kier alpha value is -1.52. The van der Waals surface area contributed by atoms with E-state index < -0.39 is 18.2 Å². The van der Waals surface area contributed by atoms with Crippen molar-refractivity contribution in [2.75, 3.05) is 6.54 Å². The first-order chi connectivity index (χ1) is 7.07. The number of aliphatic imine (C=N–C) groups is 1. The summed E-state index contributed by atoms with van der Waals surface area (Å²) in [6, 6.07) is 8.75. The van der Waals surface area contributed by atoms with Crippen LogP contribution in [0, 0.1) is 0 Å². The van der Waals surface area contributed by atoms with Crippen LogP contribution in [0.3, 0.4) is 0 Å². The monoisotopic (exact) mass is 215 g/mol. The van der Waals surface area contributed by atoms with Gasteiger partial charge in [-0.1, -0.05) is 30.3 Å². The van der Waals surface area contributed by atoms with Crippen LogP contribution in [0.2, 0.25) is 0 Å². The van der Waals surface area contributed by atoms with Crippen molar-refractivity contribution in [2.45, 2.75) is 12.3 Å². The minimum Gasteiger partial charge on any atom is -0.464 e. The molecule has 80 valence electrons. The van der Waals surface area contributed by atoms with E-state index in [2.05, 4.69) is 4.99 Å². The van der Waals surface area contributed by atoms with Gasteiger partial charge in [0.1, 0.15) is 6.10 Å². The van der Waals surface area contributed by atoms with Gasteiger partial charge in [-0.05, 0) is 5.56 Å². The molecular formula is C10H8F3NO. The third-order valence-electron chi connectivity index (χ3n) is 2.07. The fourth-order valence-corrected chi connectivity index (χ4v) is 1.37. The molecule has 5 heteroatoms. The van der Waals surface area contributed by atoms with Gasteiger partial charge in [0, 0.05) is 0 Å². The maximum Gasteiger partial charge on any atom is 0.468 e. The molecule has 1 aromatic rings. The highest BCUT2D eigenvalue weighted by atomic mass is 19.4. The van der Waals surface area contributed by atoms with Crippen molar-refractivity contribution in [2.24, 2.45) is 4.99 Å². The second-order valence-corrected chi connectivity index (χ2v) is 3.16. The highest BCUT2D eigenvalue weighted by Gasteiger charge is 2.42. The van der Waals surface area contributed by atoms with Crippen molar-refractivity contribution < 1.29 is 17.9 Å². The van der Waals surface area contributed by atoms with Crippen molar-refractivity contribution >= 4 is 5.90 Å². The third-order valence-corrected chi connectivity index (χ3v) is 2.07. The topological polar surface area (TPSA) is 21.6 Å². The zero-order valence-corrected chi connectivity index (χ0v) is 7.66. The molecule has 0 aliphatic carbocycles. The van der Waals surface area contributed by atoms with Crippen LogP contribution in [0.15, 0.2) is 35.3 Å². The normalized spacial score (nSPS) is 21.0. The minimum atomic E-state index is -4.48. The number of nitrogens with zero attached hydrogens (tertiary/aromatic N) is 1. The van der Waals surface area contributed by atoms with Crippen LogP contribution in [0.5, 0.6) is 0 Å². The lowest BCUT2D eigenvalue weighted by atomic mass is 10.1. The van der Waals surface area contributed by atoms with E-state index in [9.17, 15) is 13.2 Å². The zero-order chi connectivity index (χ0) is 10.9. The average Bonchev–Trinajstić information content (AvgIpc) is 2.67. The van der Waals surface area contributed by atoms with E-state index in [1.54, 1.807) is 30.3 Å². The SMILES string of the molecule is FC(F)(F)C1=NCC(c2ccccc2)O1. The molecule has 0 saturated carbocycles. The predicted octanol–water partition coefficient (Wildman–Crippen LogP) is 2.72. The second-order valence-electron chi connectivity index (χ2n) is 3.16. The van der Waals surface area contributed by atoms with Gasteiger partial charge in [0.25, 0.3) is 5.90 Å². The van der Waals surface area contributed by atoms with E-state index in [1.165, 1.54) is 0 Å². The average molecular weight is 215 g/mol. The second kappa shape index (κ2) is 3.56. The summed E-state index contributed by atoms with van der Waals surface area (Å²) in [5, 5.41) is 0. The quantitative estimate of drug-likeness (QED) is 0.705. The number of benzene rings is 1. The lowest BCUT2D eigenvalue weighted by molar-refractivity contribution is -0.0790. The first kappa shape index (κ1) is 10.0. The molecule has 0 bridgehead atoms. The summed E-state index contributed by atoms with van der Waals surface area (Å²) in [5.74, 6) is -1.13. The Morgan fingerprint density at radius 1 is 1.20 bits per heavy atom. The molecule has 15 heavy (non-hydrogen) atoms. The zero-order valence-electron chi connectivity index (χ0n) is 7.66. The number of hydrogen-bond acceptors (Lipinski definition) is 2. The van der Waals surface area contributed by atoms with E-state index in [0.29, 0.717) is 5.56 Å². The molecular weight excluding hydrogens is 207 g/mol. The van der Waals surface area contributed by atoms with Crippen LogP contribution in [0.4, 0.5) is 13.2 Å². The standard InChI is InChI=1S/C10H8F3NO/c11-10(12,13)9-14-6-8(15-9)7-4-2-1-3-5-7/h1-5,8H,6H2. The van der Waals surface area contributed by atoms with E-state index in [0.717, 1.165) is 0 Å². The van der Waals surface area contributed by atoms with Gasteiger partial charge >= 0.3 is 6.18 Å². The van der Waals surface area contributed by atoms with Crippen LogP contribution in [-0.2, 0) is 4.74 Å². The van der Waals surface area contributed by atoms with Gasteiger partial charge < -0.3 is 4.74 Å². The molecule has 2 nitrogen and oxygen atoms in total. The largest absolute Gasteiger partial charge is 0.468 e. The van der Waals surface area contributed by atoms with Crippen molar-refractivity contribution in [3.63, 3.8) is 0 Å². The maximum absolute atomic E-state index is 12.2. The molecule has 1 aliphatic rings. The van der Waals surface area contributed by atoms with Crippen LogP contribution < -0.4 is 0 Å². The fraction of sp³-hybridized carbons (Fsp3) is 0.300. The molecule has 1 heterocycles. The van der Waals surface area contributed by atoms with Gasteiger partial charge in [0.15, 0.2) is 0 Å². The summed E-state index contributed by atoms with van der Waals surface area (Å²) in [4.78, 5) is 3.33. The van der Waals surface area contributed by atoms with Crippen molar-refractivity contribution in [3.05, 3.63) is 35.9 Å². The summed E-state index contributed by atoms with van der Waals surface area (Å²) >= 11 is 0. The summed E-state index contributed by atoms with van der Waals surface area (Å²) in [7, 11) is 0. The van der Waals surface area contributed by atoms with Crippen molar-refractivity contribution in [1.29, 1.82) is 0 Å². The molecule has 0 aromatic heterocycles. The molecule has 0 radical (unpaired) electrons. The number of ether oxygens (including phenoxy) is 1. The van der Waals surface area contributed by atoms with Crippen LogP contribution in [-0.4, -0.2) is 18.6 Å². The molecule has 1 atom stereocenters. The van der Waals surface area contributed by atoms with Gasteiger partial charge in [-0.2, -0.15) is 13.2 Å². The Bertz CT molecular complexity index is 372. The van der Waals surface area contributed by atoms with E-state index in [-0.39, 0.29) is 6.54 Å². The van der Waals surface area contributed by atoms with Crippen LogP contribution in [0.1, 0.15) is 11.7 Å². The van der Waals surface area contributed by atoms with E-state index >= 15 is 0 Å². The highest BCUT2D eigenvalue weighted by molar-refractivity contribution is 5.83. The van der Waals surface area contributed by atoms with Crippen molar-refractivity contribution in [3.8, 4) is 0 Å². The Morgan fingerprint density at radius 3 is 2.40 bits per heavy atom. The highest BCUT2D eigenvalue weighted by Crippen LogP contribution is 2.29. The van der Waals surface area contributed by atoms with Crippen LogP contribution in [0.25, 0.3) is 0 Å². The number of halogens is 3. The van der Waals surface area contributed by atoms with Gasteiger partial charge in [-0.15, -0.1) is 0 Å². The molecule has 0 spiro atoms.